The first-order chi connectivity index (χ1) is 5.56. The second kappa shape index (κ2) is 3.25. The SMILES string of the molecule is COCC(C)(O)c1cnn(C)c1. The molecule has 0 fully saturated rings. The van der Waals surface area contributed by atoms with Crippen molar-refractivity contribution in [3.05, 3.63) is 18.0 Å². The number of aliphatic hydroxyl groups is 1. The molecule has 4 nitrogen and oxygen atoms in total. The number of rotatable bonds is 3. The largest absolute Gasteiger partial charge is 0.383 e. The molecule has 1 atom stereocenters. The first kappa shape index (κ1) is 9.22. The molecule has 0 aromatic carbocycles. The fourth-order valence-electron chi connectivity index (χ4n) is 1.06. The molecule has 0 aliphatic carbocycles. The van der Waals surface area contributed by atoms with E-state index < -0.39 is 5.60 Å². The van der Waals surface area contributed by atoms with Crippen molar-refractivity contribution < 1.29 is 9.84 Å². The van der Waals surface area contributed by atoms with Crippen LogP contribution < -0.4 is 0 Å². The molecule has 0 spiro atoms. The van der Waals surface area contributed by atoms with Crippen molar-refractivity contribution in [1.82, 2.24) is 9.78 Å². The highest BCUT2D eigenvalue weighted by atomic mass is 16.5. The number of aryl methyl sites for hydroxylation is 1. The normalized spacial score (nSPS) is 16.0. The smallest absolute Gasteiger partial charge is 0.113 e. The van der Waals surface area contributed by atoms with Crippen molar-refractivity contribution >= 4 is 0 Å². The highest BCUT2D eigenvalue weighted by molar-refractivity contribution is 5.13. The van der Waals surface area contributed by atoms with E-state index in [0.29, 0.717) is 0 Å². The van der Waals surface area contributed by atoms with E-state index >= 15 is 0 Å². The van der Waals surface area contributed by atoms with E-state index in [9.17, 15) is 5.11 Å². The Morgan fingerprint density at radius 2 is 2.42 bits per heavy atom. The van der Waals surface area contributed by atoms with Crippen LogP contribution in [0.4, 0.5) is 0 Å². The van der Waals surface area contributed by atoms with Crippen LogP contribution in [0.5, 0.6) is 0 Å². The second-order valence-electron chi connectivity index (χ2n) is 3.11. The van der Waals surface area contributed by atoms with Crippen LogP contribution in [0.25, 0.3) is 0 Å². The Bertz CT molecular complexity index is 255. The molecule has 68 valence electrons. The molecule has 0 saturated heterocycles. The van der Waals surface area contributed by atoms with Crippen molar-refractivity contribution in [2.45, 2.75) is 12.5 Å². The van der Waals surface area contributed by atoms with Gasteiger partial charge in [-0.25, -0.2) is 0 Å². The molecule has 1 aromatic heterocycles. The Balaban J connectivity index is 2.81. The zero-order chi connectivity index (χ0) is 9.19. The number of hydrogen-bond donors (Lipinski definition) is 1. The van der Waals surface area contributed by atoms with E-state index in [1.165, 1.54) is 0 Å². The van der Waals surface area contributed by atoms with Crippen LogP contribution in [0.2, 0.25) is 0 Å². The first-order valence-electron chi connectivity index (χ1n) is 3.77. The van der Waals surface area contributed by atoms with Gasteiger partial charge in [-0.15, -0.1) is 0 Å². The fraction of sp³-hybridized carbons (Fsp3) is 0.625. The molecular formula is C8H14N2O2. The summed E-state index contributed by atoms with van der Waals surface area (Å²) in [5.41, 5.74) is -0.171. The Hall–Kier alpha value is -0.870. The molecule has 1 aromatic rings. The van der Waals surface area contributed by atoms with E-state index in [4.69, 9.17) is 4.74 Å². The van der Waals surface area contributed by atoms with Crippen molar-refractivity contribution in [1.29, 1.82) is 0 Å². The standard InChI is InChI=1S/C8H14N2O2/c1-8(11,6-12-3)7-4-9-10(2)5-7/h4-5,11H,6H2,1-3H3. The maximum Gasteiger partial charge on any atom is 0.113 e. The van der Waals surface area contributed by atoms with Crippen LogP contribution >= 0.6 is 0 Å². The molecule has 0 aliphatic heterocycles. The summed E-state index contributed by atoms with van der Waals surface area (Å²) >= 11 is 0. The summed E-state index contributed by atoms with van der Waals surface area (Å²) in [4.78, 5) is 0. The van der Waals surface area contributed by atoms with Gasteiger partial charge in [-0.3, -0.25) is 4.68 Å². The molecule has 0 bridgehead atoms. The molecule has 0 radical (unpaired) electrons. The molecule has 12 heavy (non-hydrogen) atoms. The van der Waals surface area contributed by atoms with Crippen LogP contribution in [-0.2, 0) is 17.4 Å². The van der Waals surface area contributed by atoms with Gasteiger partial charge in [0, 0.05) is 25.9 Å². The van der Waals surface area contributed by atoms with Gasteiger partial charge in [-0.2, -0.15) is 5.10 Å². The predicted molar refractivity (Wildman–Crippen MR) is 44.7 cm³/mol. The van der Waals surface area contributed by atoms with Crippen LogP contribution in [0.3, 0.4) is 0 Å². The van der Waals surface area contributed by atoms with Gasteiger partial charge in [0.25, 0.3) is 0 Å². The Labute approximate surface area is 71.8 Å². The number of methoxy groups -OCH3 is 1. The summed E-state index contributed by atoms with van der Waals surface area (Å²) in [6, 6.07) is 0. The average Bonchev–Trinajstić information content (AvgIpc) is 2.36. The van der Waals surface area contributed by atoms with Crippen molar-refractivity contribution in [2.24, 2.45) is 7.05 Å². The van der Waals surface area contributed by atoms with E-state index in [0.717, 1.165) is 5.56 Å². The molecule has 1 N–H and O–H groups in total. The second-order valence-corrected chi connectivity index (χ2v) is 3.11. The van der Waals surface area contributed by atoms with Gasteiger partial charge in [-0.1, -0.05) is 0 Å². The van der Waals surface area contributed by atoms with Crippen LogP contribution in [-0.4, -0.2) is 28.6 Å². The Kier molecular flexibility index (Phi) is 2.49. The molecule has 1 unspecified atom stereocenters. The Morgan fingerprint density at radius 1 is 1.75 bits per heavy atom. The summed E-state index contributed by atoms with van der Waals surface area (Å²) < 4.78 is 6.54. The lowest BCUT2D eigenvalue weighted by molar-refractivity contribution is -0.0208. The molecule has 1 heterocycles. The van der Waals surface area contributed by atoms with E-state index in [1.807, 2.05) is 7.05 Å². The highest BCUT2D eigenvalue weighted by Crippen LogP contribution is 2.19. The summed E-state index contributed by atoms with van der Waals surface area (Å²) in [7, 11) is 3.37. The summed E-state index contributed by atoms with van der Waals surface area (Å²) in [6.07, 6.45) is 3.41. The number of nitrogens with zero attached hydrogens (tertiary/aromatic N) is 2. The lowest BCUT2D eigenvalue weighted by atomic mass is 10.0. The molecular weight excluding hydrogens is 156 g/mol. The van der Waals surface area contributed by atoms with Gasteiger partial charge in [-0.05, 0) is 6.92 Å². The van der Waals surface area contributed by atoms with Crippen molar-refractivity contribution in [3.8, 4) is 0 Å². The van der Waals surface area contributed by atoms with E-state index in [2.05, 4.69) is 5.10 Å². The maximum absolute atomic E-state index is 9.82. The zero-order valence-electron chi connectivity index (χ0n) is 7.61. The van der Waals surface area contributed by atoms with E-state index in [-0.39, 0.29) is 6.61 Å². The summed E-state index contributed by atoms with van der Waals surface area (Å²) in [6.45, 7) is 1.98. The molecule has 0 amide bonds. The fourth-order valence-corrected chi connectivity index (χ4v) is 1.06. The molecule has 0 saturated carbocycles. The first-order valence-corrected chi connectivity index (χ1v) is 3.77. The molecule has 1 rings (SSSR count). The molecule has 4 heteroatoms. The van der Waals surface area contributed by atoms with Crippen molar-refractivity contribution in [3.63, 3.8) is 0 Å². The van der Waals surface area contributed by atoms with Gasteiger partial charge in [0.05, 0.1) is 12.8 Å². The minimum absolute atomic E-state index is 0.276. The average molecular weight is 170 g/mol. The monoisotopic (exact) mass is 170 g/mol. The minimum atomic E-state index is -0.941. The molecule has 0 aliphatic rings. The van der Waals surface area contributed by atoms with Crippen molar-refractivity contribution in [2.75, 3.05) is 13.7 Å². The topological polar surface area (TPSA) is 47.3 Å². The van der Waals surface area contributed by atoms with Gasteiger partial charge in [0.1, 0.15) is 5.60 Å². The van der Waals surface area contributed by atoms with Gasteiger partial charge in [0.2, 0.25) is 0 Å². The van der Waals surface area contributed by atoms with Crippen LogP contribution in [0.1, 0.15) is 12.5 Å². The lowest BCUT2D eigenvalue weighted by Gasteiger charge is -2.19. The minimum Gasteiger partial charge on any atom is -0.383 e. The van der Waals surface area contributed by atoms with E-state index in [1.54, 1.807) is 31.1 Å². The summed E-state index contributed by atoms with van der Waals surface area (Å²) in [5, 5.41) is 13.8. The highest BCUT2D eigenvalue weighted by Gasteiger charge is 2.24. The van der Waals surface area contributed by atoms with Gasteiger partial charge in [0.15, 0.2) is 0 Å². The van der Waals surface area contributed by atoms with Crippen LogP contribution in [0.15, 0.2) is 12.4 Å². The van der Waals surface area contributed by atoms with Gasteiger partial charge >= 0.3 is 0 Å². The lowest BCUT2D eigenvalue weighted by Crippen LogP contribution is -2.26. The van der Waals surface area contributed by atoms with Gasteiger partial charge < -0.3 is 9.84 Å². The van der Waals surface area contributed by atoms with Crippen LogP contribution in [0, 0.1) is 0 Å². The summed E-state index contributed by atoms with van der Waals surface area (Å²) in [5.74, 6) is 0. The number of aromatic nitrogens is 2. The third-order valence-electron chi connectivity index (χ3n) is 1.75. The third kappa shape index (κ3) is 1.84. The Morgan fingerprint density at radius 3 is 2.83 bits per heavy atom. The maximum atomic E-state index is 9.82. The number of hydrogen-bond acceptors (Lipinski definition) is 3. The third-order valence-corrected chi connectivity index (χ3v) is 1.75. The predicted octanol–water partition coefficient (Wildman–Crippen LogP) is 0.274. The number of ether oxygens (including phenoxy) is 1. The quantitative estimate of drug-likeness (QED) is 0.708. The zero-order valence-corrected chi connectivity index (χ0v) is 7.61.